The molecule has 0 radical (unpaired) electrons. The van der Waals surface area contributed by atoms with Gasteiger partial charge >= 0.3 is 11.8 Å². The Labute approximate surface area is 129 Å². The molecule has 1 atom stereocenters. The van der Waals surface area contributed by atoms with Gasteiger partial charge in [-0.2, -0.15) is 0 Å². The average molecular weight is 310 g/mol. The molecule has 0 aromatic heterocycles. The molecule has 3 N–H and O–H groups in total. The van der Waals surface area contributed by atoms with Crippen LogP contribution < -0.4 is 20.1 Å². The van der Waals surface area contributed by atoms with Gasteiger partial charge in [-0.05, 0) is 31.0 Å². The Hall–Kier alpha value is -2.28. The van der Waals surface area contributed by atoms with Gasteiger partial charge in [0.1, 0.15) is 0 Å². The van der Waals surface area contributed by atoms with Gasteiger partial charge in [-0.1, -0.05) is 6.07 Å². The van der Waals surface area contributed by atoms with Crippen LogP contribution >= 0.6 is 0 Å². The maximum atomic E-state index is 11.5. The minimum atomic E-state index is -0.756. The van der Waals surface area contributed by atoms with E-state index < -0.39 is 17.9 Å². The first kappa shape index (κ1) is 17.8. The number of aliphatic hydroxyl groups is 1. The van der Waals surface area contributed by atoms with Gasteiger partial charge in [0.05, 0.1) is 20.3 Å². The lowest BCUT2D eigenvalue weighted by Gasteiger charge is -2.10. The Morgan fingerprint density at radius 2 is 1.77 bits per heavy atom. The van der Waals surface area contributed by atoms with Crippen LogP contribution in [0.5, 0.6) is 11.5 Å². The van der Waals surface area contributed by atoms with Gasteiger partial charge in [-0.25, -0.2) is 0 Å². The van der Waals surface area contributed by atoms with Crippen LogP contribution in [0.15, 0.2) is 18.2 Å². The van der Waals surface area contributed by atoms with E-state index in [9.17, 15) is 9.59 Å². The maximum absolute atomic E-state index is 11.5. The van der Waals surface area contributed by atoms with Crippen LogP contribution in [-0.4, -0.2) is 50.3 Å². The van der Waals surface area contributed by atoms with E-state index in [0.29, 0.717) is 24.5 Å². The molecule has 0 fully saturated rings. The van der Waals surface area contributed by atoms with E-state index in [0.717, 1.165) is 5.56 Å². The largest absolute Gasteiger partial charge is 0.493 e. The molecule has 0 bridgehead atoms. The van der Waals surface area contributed by atoms with Crippen LogP contribution in [0.2, 0.25) is 0 Å². The SMILES string of the molecule is COc1ccc(CCNC(=O)C(=O)NCC(C)O)cc1OC. The molecule has 1 rings (SSSR count). The Morgan fingerprint density at radius 1 is 1.14 bits per heavy atom. The third kappa shape index (κ3) is 5.61. The van der Waals surface area contributed by atoms with Gasteiger partial charge in [0, 0.05) is 13.1 Å². The highest BCUT2D eigenvalue weighted by atomic mass is 16.5. The van der Waals surface area contributed by atoms with Crippen molar-refractivity contribution in [2.45, 2.75) is 19.4 Å². The molecule has 122 valence electrons. The topological polar surface area (TPSA) is 96.9 Å². The lowest BCUT2D eigenvalue weighted by Crippen LogP contribution is -2.42. The molecule has 0 aliphatic carbocycles. The normalized spacial score (nSPS) is 11.5. The van der Waals surface area contributed by atoms with Crippen molar-refractivity contribution in [2.75, 3.05) is 27.3 Å². The summed E-state index contributed by atoms with van der Waals surface area (Å²) in [7, 11) is 3.11. The molecule has 2 amide bonds. The summed E-state index contributed by atoms with van der Waals surface area (Å²) in [6.45, 7) is 1.88. The van der Waals surface area contributed by atoms with Crippen molar-refractivity contribution in [3.05, 3.63) is 23.8 Å². The zero-order chi connectivity index (χ0) is 16.5. The minimum Gasteiger partial charge on any atom is -0.493 e. The van der Waals surface area contributed by atoms with Gasteiger partial charge < -0.3 is 25.2 Å². The predicted octanol–water partition coefficient (Wildman–Crippen LogP) is -0.140. The molecule has 0 heterocycles. The molecule has 0 saturated carbocycles. The third-order valence-corrected chi connectivity index (χ3v) is 2.91. The molecule has 1 unspecified atom stereocenters. The van der Waals surface area contributed by atoms with Crippen LogP contribution in [0.25, 0.3) is 0 Å². The molecule has 7 nitrogen and oxygen atoms in total. The van der Waals surface area contributed by atoms with Crippen LogP contribution in [0.1, 0.15) is 12.5 Å². The van der Waals surface area contributed by atoms with E-state index in [1.807, 2.05) is 12.1 Å². The fourth-order valence-corrected chi connectivity index (χ4v) is 1.76. The first-order valence-electron chi connectivity index (χ1n) is 6.93. The molecule has 7 heteroatoms. The second kappa shape index (κ2) is 8.89. The third-order valence-electron chi connectivity index (χ3n) is 2.91. The number of benzene rings is 1. The van der Waals surface area contributed by atoms with Crippen molar-refractivity contribution in [2.24, 2.45) is 0 Å². The Kier molecular flexibility index (Phi) is 7.18. The summed E-state index contributed by atoms with van der Waals surface area (Å²) in [6, 6.07) is 5.46. The number of nitrogens with one attached hydrogen (secondary N) is 2. The number of carbonyl (C=O) groups is 2. The van der Waals surface area contributed by atoms with E-state index in [4.69, 9.17) is 14.6 Å². The average Bonchev–Trinajstić information content (AvgIpc) is 2.52. The van der Waals surface area contributed by atoms with Crippen LogP contribution in [0.4, 0.5) is 0 Å². The van der Waals surface area contributed by atoms with Gasteiger partial charge in [-0.3, -0.25) is 9.59 Å². The Morgan fingerprint density at radius 3 is 2.36 bits per heavy atom. The minimum absolute atomic E-state index is 0.0436. The van der Waals surface area contributed by atoms with E-state index in [1.165, 1.54) is 6.92 Å². The highest BCUT2D eigenvalue weighted by Crippen LogP contribution is 2.27. The molecule has 0 aliphatic heterocycles. The van der Waals surface area contributed by atoms with Crippen LogP contribution in [0.3, 0.4) is 0 Å². The summed E-state index contributed by atoms with van der Waals surface area (Å²) >= 11 is 0. The smallest absolute Gasteiger partial charge is 0.309 e. The lowest BCUT2D eigenvalue weighted by atomic mass is 10.1. The number of ether oxygens (including phenoxy) is 2. The first-order chi connectivity index (χ1) is 10.5. The zero-order valence-corrected chi connectivity index (χ0v) is 13.0. The summed E-state index contributed by atoms with van der Waals surface area (Å²) in [4.78, 5) is 22.9. The van der Waals surface area contributed by atoms with Crippen molar-refractivity contribution in [3.63, 3.8) is 0 Å². The number of amides is 2. The maximum Gasteiger partial charge on any atom is 0.309 e. The second-order valence-corrected chi connectivity index (χ2v) is 4.75. The Bertz CT molecular complexity index is 517. The second-order valence-electron chi connectivity index (χ2n) is 4.75. The number of carbonyl (C=O) groups excluding carboxylic acids is 2. The molecule has 0 aliphatic rings. The fraction of sp³-hybridized carbons (Fsp3) is 0.467. The van der Waals surface area contributed by atoms with Gasteiger partial charge in [0.15, 0.2) is 11.5 Å². The molecule has 1 aromatic carbocycles. The highest BCUT2D eigenvalue weighted by molar-refractivity contribution is 6.35. The standard InChI is InChI=1S/C15H22N2O5/c1-10(18)9-17-15(20)14(19)16-7-6-11-4-5-12(21-2)13(8-11)22-3/h4-5,8,10,18H,6-7,9H2,1-3H3,(H,16,19)(H,17,20). The lowest BCUT2D eigenvalue weighted by molar-refractivity contribution is -0.139. The summed E-state index contributed by atoms with van der Waals surface area (Å²) < 4.78 is 10.3. The number of rotatable bonds is 7. The monoisotopic (exact) mass is 310 g/mol. The zero-order valence-electron chi connectivity index (χ0n) is 13.0. The number of hydrogen-bond donors (Lipinski definition) is 3. The summed E-state index contributed by atoms with van der Waals surface area (Å²) in [5, 5.41) is 13.9. The van der Waals surface area contributed by atoms with E-state index in [-0.39, 0.29) is 6.54 Å². The molecule has 22 heavy (non-hydrogen) atoms. The Balaban J connectivity index is 2.43. The molecular formula is C15H22N2O5. The number of methoxy groups -OCH3 is 2. The van der Waals surface area contributed by atoms with Gasteiger partial charge in [0.25, 0.3) is 0 Å². The van der Waals surface area contributed by atoms with Crippen LogP contribution in [0, 0.1) is 0 Å². The highest BCUT2D eigenvalue weighted by Gasteiger charge is 2.13. The summed E-state index contributed by atoms with van der Waals surface area (Å²) in [5.41, 5.74) is 0.947. The van der Waals surface area contributed by atoms with Gasteiger partial charge in [0.2, 0.25) is 0 Å². The van der Waals surface area contributed by atoms with E-state index in [1.54, 1.807) is 20.3 Å². The van der Waals surface area contributed by atoms with E-state index in [2.05, 4.69) is 10.6 Å². The molecule has 1 aromatic rings. The number of hydrogen-bond acceptors (Lipinski definition) is 5. The summed E-state index contributed by atoms with van der Waals surface area (Å²) in [5.74, 6) is -0.233. The molecular weight excluding hydrogens is 288 g/mol. The quantitative estimate of drug-likeness (QED) is 0.609. The summed E-state index contributed by atoms with van der Waals surface area (Å²) in [6.07, 6.45) is -0.140. The number of aliphatic hydroxyl groups excluding tert-OH is 1. The van der Waals surface area contributed by atoms with Crippen molar-refractivity contribution in [1.82, 2.24) is 10.6 Å². The van der Waals surface area contributed by atoms with E-state index >= 15 is 0 Å². The van der Waals surface area contributed by atoms with Gasteiger partial charge in [-0.15, -0.1) is 0 Å². The molecule has 0 saturated heterocycles. The fourth-order valence-electron chi connectivity index (χ4n) is 1.76. The predicted molar refractivity (Wildman–Crippen MR) is 81.0 cm³/mol. The van der Waals surface area contributed by atoms with Crippen molar-refractivity contribution < 1.29 is 24.2 Å². The first-order valence-corrected chi connectivity index (χ1v) is 6.93. The van der Waals surface area contributed by atoms with Crippen LogP contribution in [-0.2, 0) is 16.0 Å². The van der Waals surface area contributed by atoms with Crippen molar-refractivity contribution in [3.8, 4) is 11.5 Å². The molecule has 0 spiro atoms. The van der Waals surface area contributed by atoms with Crippen molar-refractivity contribution in [1.29, 1.82) is 0 Å². The van der Waals surface area contributed by atoms with Crippen molar-refractivity contribution >= 4 is 11.8 Å².